The van der Waals surface area contributed by atoms with Crippen molar-refractivity contribution in [1.82, 2.24) is 19.9 Å². The summed E-state index contributed by atoms with van der Waals surface area (Å²) in [6.07, 6.45) is 3.00. The largest absolute Gasteiger partial charge is 0.462 e. The van der Waals surface area contributed by atoms with Crippen molar-refractivity contribution >= 4 is 44.7 Å². The predicted octanol–water partition coefficient (Wildman–Crippen LogP) is 1.35. The van der Waals surface area contributed by atoms with Crippen molar-refractivity contribution in [2.75, 3.05) is 11.9 Å². The first-order valence-electron chi connectivity index (χ1n) is 8.87. The number of nitrogens with two attached hydrogens (primary N) is 1. The summed E-state index contributed by atoms with van der Waals surface area (Å²) in [4.78, 5) is 16.3. The molecule has 30 heavy (non-hydrogen) atoms. The first-order valence-corrected chi connectivity index (χ1v) is 10.8. The standard InChI is InChI=1S/C18H20N6O4S2/c1-3-28-17(25)14-9-20-16-15(10-22-24(16)11(14)2)23-18(29)21-8-12-4-6-13(7-5-12)30(19,26)27/h4-7,9-10H,3,8H2,1-2H3,(H2,19,26,27)(H2,21,23,29). The number of anilines is 1. The highest BCUT2D eigenvalue weighted by atomic mass is 32.2. The van der Waals surface area contributed by atoms with E-state index in [4.69, 9.17) is 22.1 Å². The van der Waals surface area contributed by atoms with Crippen molar-refractivity contribution in [2.24, 2.45) is 5.14 Å². The zero-order valence-corrected chi connectivity index (χ0v) is 17.9. The summed E-state index contributed by atoms with van der Waals surface area (Å²) in [6.45, 7) is 4.12. The van der Waals surface area contributed by atoms with E-state index in [-0.39, 0.29) is 11.5 Å². The fraction of sp³-hybridized carbons (Fsp3) is 0.222. The number of fused-ring (bicyclic) bond motifs is 1. The summed E-state index contributed by atoms with van der Waals surface area (Å²) in [5, 5.41) is 15.7. The normalized spacial score (nSPS) is 11.3. The Morgan fingerprint density at radius 3 is 2.60 bits per heavy atom. The predicted molar refractivity (Wildman–Crippen MR) is 115 cm³/mol. The van der Waals surface area contributed by atoms with Crippen molar-refractivity contribution in [2.45, 2.75) is 25.3 Å². The minimum Gasteiger partial charge on any atom is -0.462 e. The Bertz CT molecular complexity index is 1210. The topological polar surface area (TPSA) is 141 Å². The van der Waals surface area contributed by atoms with Gasteiger partial charge in [-0.15, -0.1) is 0 Å². The number of sulfonamides is 1. The third-order valence-electron chi connectivity index (χ3n) is 4.22. The SMILES string of the molecule is CCOC(=O)c1cnc2c(NC(=S)NCc3ccc(S(N)(=O)=O)cc3)cnn2c1C. The molecule has 0 unspecified atom stereocenters. The van der Waals surface area contributed by atoms with Crippen LogP contribution in [0.1, 0.15) is 28.5 Å². The maximum Gasteiger partial charge on any atom is 0.341 e. The molecule has 4 N–H and O–H groups in total. The number of aryl methyl sites for hydroxylation is 1. The first kappa shape index (κ1) is 21.6. The highest BCUT2D eigenvalue weighted by Gasteiger charge is 2.16. The fourth-order valence-corrected chi connectivity index (χ4v) is 3.39. The van der Waals surface area contributed by atoms with Crippen LogP contribution in [0.2, 0.25) is 0 Å². The van der Waals surface area contributed by atoms with Gasteiger partial charge in [-0.1, -0.05) is 12.1 Å². The van der Waals surface area contributed by atoms with Gasteiger partial charge in [0.25, 0.3) is 0 Å². The molecule has 10 nitrogen and oxygen atoms in total. The van der Waals surface area contributed by atoms with E-state index in [0.29, 0.717) is 34.2 Å². The second-order valence-corrected chi connectivity index (χ2v) is 8.24. The Labute approximate surface area is 178 Å². The lowest BCUT2D eigenvalue weighted by atomic mass is 10.2. The second kappa shape index (κ2) is 8.73. The minimum absolute atomic E-state index is 0.0435. The molecule has 0 aliphatic carbocycles. The molecule has 1 aromatic carbocycles. The molecule has 158 valence electrons. The lowest BCUT2D eigenvalue weighted by Gasteiger charge is -2.10. The van der Waals surface area contributed by atoms with Crippen LogP contribution in [0, 0.1) is 6.92 Å². The van der Waals surface area contributed by atoms with E-state index >= 15 is 0 Å². The van der Waals surface area contributed by atoms with Gasteiger partial charge in [0.15, 0.2) is 10.8 Å². The summed E-state index contributed by atoms with van der Waals surface area (Å²) >= 11 is 5.31. The van der Waals surface area contributed by atoms with E-state index < -0.39 is 16.0 Å². The lowest BCUT2D eigenvalue weighted by Crippen LogP contribution is -2.28. The molecule has 0 saturated heterocycles. The van der Waals surface area contributed by atoms with Gasteiger partial charge in [0.05, 0.1) is 29.0 Å². The summed E-state index contributed by atoms with van der Waals surface area (Å²) in [5.41, 5.74) is 2.82. The number of rotatable bonds is 6. The van der Waals surface area contributed by atoms with Gasteiger partial charge in [-0.2, -0.15) is 5.10 Å². The molecule has 0 saturated carbocycles. The molecule has 0 amide bonds. The first-order chi connectivity index (χ1) is 14.2. The Hall–Kier alpha value is -3.09. The number of ether oxygens (including phenoxy) is 1. The molecule has 0 aliphatic heterocycles. The maximum atomic E-state index is 12.0. The zero-order chi connectivity index (χ0) is 21.9. The Kier molecular flexibility index (Phi) is 6.29. The molecule has 12 heteroatoms. The van der Waals surface area contributed by atoms with Crippen LogP contribution in [0.25, 0.3) is 5.65 Å². The number of primary sulfonamides is 1. The van der Waals surface area contributed by atoms with Crippen LogP contribution in [0.4, 0.5) is 5.69 Å². The van der Waals surface area contributed by atoms with E-state index in [1.807, 2.05) is 0 Å². The number of nitrogens with zero attached hydrogens (tertiary/aromatic N) is 3. The molecule has 3 aromatic rings. The van der Waals surface area contributed by atoms with Crippen LogP contribution < -0.4 is 15.8 Å². The summed E-state index contributed by atoms with van der Waals surface area (Å²) in [5.74, 6) is -0.458. The van der Waals surface area contributed by atoms with Crippen LogP contribution in [-0.4, -0.2) is 40.7 Å². The van der Waals surface area contributed by atoms with Crippen molar-refractivity contribution in [3.63, 3.8) is 0 Å². The fourth-order valence-electron chi connectivity index (χ4n) is 2.69. The number of esters is 1. The molecule has 0 spiro atoms. The van der Waals surface area contributed by atoms with Crippen molar-refractivity contribution in [3.05, 3.63) is 53.5 Å². The maximum absolute atomic E-state index is 12.0. The third kappa shape index (κ3) is 4.72. The summed E-state index contributed by atoms with van der Waals surface area (Å²) < 4.78 is 29.2. The van der Waals surface area contributed by atoms with Crippen molar-refractivity contribution in [3.8, 4) is 0 Å². The van der Waals surface area contributed by atoms with Crippen LogP contribution in [0.5, 0.6) is 0 Å². The smallest absolute Gasteiger partial charge is 0.341 e. The highest BCUT2D eigenvalue weighted by molar-refractivity contribution is 7.89. The van der Waals surface area contributed by atoms with Gasteiger partial charge in [-0.25, -0.2) is 27.9 Å². The molecule has 0 bridgehead atoms. The van der Waals surface area contributed by atoms with Gasteiger partial charge in [0, 0.05) is 12.7 Å². The number of thiocarbonyl (C=S) groups is 1. The Morgan fingerprint density at radius 2 is 1.97 bits per heavy atom. The van der Waals surface area contributed by atoms with Gasteiger partial charge < -0.3 is 15.4 Å². The molecule has 2 aromatic heterocycles. The van der Waals surface area contributed by atoms with Crippen LogP contribution in [0.15, 0.2) is 41.6 Å². The molecule has 0 atom stereocenters. The van der Waals surface area contributed by atoms with E-state index in [0.717, 1.165) is 5.56 Å². The number of carbonyl (C=O) groups excluding carboxylic acids is 1. The summed E-state index contributed by atoms with van der Waals surface area (Å²) in [6, 6.07) is 6.16. The average Bonchev–Trinajstić information content (AvgIpc) is 3.10. The third-order valence-corrected chi connectivity index (χ3v) is 5.39. The molecule has 3 rings (SSSR count). The number of carbonyl (C=O) groups is 1. The monoisotopic (exact) mass is 448 g/mol. The highest BCUT2D eigenvalue weighted by Crippen LogP contribution is 2.18. The van der Waals surface area contributed by atoms with Crippen LogP contribution in [-0.2, 0) is 21.3 Å². The minimum atomic E-state index is -3.73. The van der Waals surface area contributed by atoms with Crippen LogP contribution >= 0.6 is 12.2 Å². The van der Waals surface area contributed by atoms with Gasteiger partial charge in [0.1, 0.15) is 5.69 Å². The van der Waals surface area contributed by atoms with E-state index in [2.05, 4.69) is 20.7 Å². The Morgan fingerprint density at radius 1 is 1.27 bits per heavy atom. The number of nitrogens with one attached hydrogen (secondary N) is 2. The lowest BCUT2D eigenvalue weighted by molar-refractivity contribution is 0.0524. The number of hydrogen-bond acceptors (Lipinski definition) is 7. The number of benzene rings is 1. The van der Waals surface area contributed by atoms with Crippen LogP contribution in [0.3, 0.4) is 0 Å². The van der Waals surface area contributed by atoms with Crippen molar-refractivity contribution < 1.29 is 17.9 Å². The van der Waals surface area contributed by atoms with Gasteiger partial charge >= 0.3 is 5.97 Å². The molecular formula is C18H20N6O4S2. The average molecular weight is 449 g/mol. The van der Waals surface area contributed by atoms with E-state index in [1.165, 1.54) is 22.8 Å². The second-order valence-electron chi connectivity index (χ2n) is 6.27. The van der Waals surface area contributed by atoms with Gasteiger partial charge in [-0.3, -0.25) is 0 Å². The molecule has 0 fully saturated rings. The Balaban J connectivity index is 1.68. The molecular weight excluding hydrogens is 428 g/mol. The number of aromatic nitrogens is 3. The van der Waals surface area contributed by atoms with Gasteiger partial charge in [-0.05, 0) is 43.8 Å². The quantitative estimate of drug-likeness (QED) is 0.376. The van der Waals surface area contributed by atoms with E-state index in [1.54, 1.807) is 32.2 Å². The number of hydrogen-bond donors (Lipinski definition) is 3. The zero-order valence-electron chi connectivity index (χ0n) is 16.2. The van der Waals surface area contributed by atoms with Gasteiger partial charge in [0.2, 0.25) is 10.0 Å². The summed E-state index contributed by atoms with van der Waals surface area (Å²) in [7, 11) is -3.73. The van der Waals surface area contributed by atoms with Crippen molar-refractivity contribution in [1.29, 1.82) is 0 Å². The molecule has 0 radical (unpaired) electrons. The molecule has 2 heterocycles. The van der Waals surface area contributed by atoms with E-state index in [9.17, 15) is 13.2 Å². The molecule has 0 aliphatic rings.